The lowest BCUT2D eigenvalue weighted by Gasteiger charge is -2.27. The molecule has 0 aromatic heterocycles. The highest BCUT2D eigenvalue weighted by molar-refractivity contribution is 5.29. The Morgan fingerprint density at radius 1 is 1.10 bits per heavy atom. The number of nitrogens with two attached hydrogens (primary N) is 1. The van der Waals surface area contributed by atoms with Crippen LogP contribution in [-0.4, -0.2) is 0 Å². The summed E-state index contributed by atoms with van der Waals surface area (Å²) in [6, 6.07) is 13.0. The third-order valence-corrected chi connectivity index (χ3v) is 3.55. The molecule has 0 saturated heterocycles. The van der Waals surface area contributed by atoms with E-state index in [-0.39, 0.29) is 5.92 Å². The van der Waals surface area contributed by atoms with Crippen molar-refractivity contribution in [2.24, 2.45) is 5.84 Å². The van der Waals surface area contributed by atoms with Gasteiger partial charge in [-0.1, -0.05) is 43.3 Å². The lowest BCUT2D eigenvalue weighted by atomic mass is 9.85. The van der Waals surface area contributed by atoms with E-state index in [1.54, 1.807) is 0 Å². The summed E-state index contributed by atoms with van der Waals surface area (Å²) in [7, 11) is 0. The van der Waals surface area contributed by atoms with Crippen LogP contribution < -0.4 is 11.3 Å². The Kier molecular flexibility index (Phi) is 4.82. The fraction of sp³-hybridized carbons (Fsp3) is 0.250. The maximum Gasteiger partial charge on any atom is 0.130 e. The maximum atomic E-state index is 14.0. The molecule has 20 heavy (non-hydrogen) atoms. The minimum atomic E-state index is -0.588. The molecule has 0 fully saturated rings. The van der Waals surface area contributed by atoms with Crippen molar-refractivity contribution in [3.8, 4) is 0 Å². The molecule has 4 heteroatoms. The minimum Gasteiger partial charge on any atom is -0.271 e. The zero-order valence-corrected chi connectivity index (χ0v) is 11.3. The topological polar surface area (TPSA) is 38.0 Å². The molecule has 0 radical (unpaired) electrons. The van der Waals surface area contributed by atoms with E-state index in [1.165, 1.54) is 12.1 Å². The molecule has 0 heterocycles. The molecule has 0 spiro atoms. The summed E-state index contributed by atoms with van der Waals surface area (Å²) >= 11 is 0. The molecule has 0 aliphatic heterocycles. The third-order valence-electron chi connectivity index (χ3n) is 3.55. The predicted molar refractivity (Wildman–Crippen MR) is 75.9 cm³/mol. The van der Waals surface area contributed by atoms with Gasteiger partial charge in [0.2, 0.25) is 0 Å². The first-order valence-electron chi connectivity index (χ1n) is 6.63. The number of halogens is 2. The lowest BCUT2D eigenvalue weighted by molar-refractivity contribution is 0.425. The zero-order valence-electron chi connectivity index (χ0n) is 11.3. The first kappa shape index (κ1) is 14.6. The van der Waals surface area contributed by atoms with Crippen LogP contribution in [0.15, 0.2) is 48.5 Å². The van der Waals surface area contributed by atoms with Crippen molar-refractivity contribution in [1.82, 2.24) is 5.43 Å². The molecule has 2 unspecified atom stereocenters. The van der Waals surface area contributed by atoms with Crippen molar-refractivity contribution in [1.29, 1.82) is 0 Å². The van der Waals surface area contributed by atoms with E-state index in [1.807, 2.05) is 37.3 Å². The highest BCUT2D eigenvalue weighted by Crippen LogP contribution is 2.34. The van der Waals surface area contributed by atoms with Crippen LogP contribution in [0.5, 0.6) is 0 Å². The molecule has 2 aromatic carbocycles. The molecule has 0 saturated carbocycles. The predicted octanol–water partition coefficient (Wildman–Crippen LogP) is 3.66. The van der Waals surface area contributed by atoms with Gasteiger partial charge < -0.3 is 0 Å². The number of hydrogen-bond acceptors (Lipinski definition) is 2. The van der Waals surface area contributed by atoms with Gasteiger partial charge in [-0.3, -0.25) is 11.3 Å². The van der Waals surface area contributed by atoms with Gasteiger partial charge in [0.05, 0.1) is 6.04 Å². The highest BCUT2D eigenvalue weighted by Gasteiger charge is 2.24. The molecule has 106 valence electrons. The Balaban J connectivity index is 2.39. The fourth-order valence-corrected chi connectivity index (χ4v) is 2.54. The van der Waals surface area contributed by atoms with Crippen molar-refractivity contribution in [3.05, 3.63) is 71.3 Å². The molecular weight excluding hydrogens is 258 g/mol. The van der Waals surface area contributed by atoms with Crippen LogP contribution in [-0.2, 0) is 0 Å². The van der Waals surface area contributed by atoms with Gasteiger partial charge in [-0.25, -0.2) is 8.78 Å². The Bertz CT molecular complexity index is 558. The molecule has 0 aliphatic rings. The fourth-order valence-electron chi connectivity index (χ4n) is 2.54. The SMILES string of the molecule is CCC(c1ccccc1)C(NN)c1ccc(F)cc1F. The molecule has 2 aromatic rings. The van der Waals surface area contributed by atoms with Crippen LogP contribution in [0.3, 0.4) is 0 Å². The summed E-state index contributed by atoms with van der Waals surface area (Å²) in [5.74, 6) is 4.46. The van der Waals surface area contributed by atoms with Crippen LogP contribution in [0.4, 0.5) is 8.78 Å². The summed E-state index contributed by atoms with van der Waals surface area (Å²) in [6.45, 7) is 2.02. The van der Waals surface area contributed by atoms with Crippen LogP contribution in [0.2, 0.25) is 0 Å². The van der Waals surface area contributed by atoms with Crippen molar-refractivity contribution in [2.75, 3.05) is 0 Å². The number of rotatable bonds is 5. The highest BCUT2D eigenvalue weighted by atomic mass is 19.1. The molecular formula is C16H18F2N2. The Morgan fingerprint density at radius 2 is 1.80 bits per heavy atom. The van der Waals surface area contributed by atoms with E-state index in [0.717, 1.165) is 18.1 Å². The number of benzene rings is 2. The van der Waals surface area contributed by atoms with E-state index in [2.05, 4.69) is 5.43 Å². The van der Waals surface area contributed by atoms with Crippen molar-refractivity contribution in [3.63, 3.8) is 0 Å². The second-order valence-corrected chi connectivity index (χ2v) is 4.74. The third kappa shape index (κ3) is 3.03. The maximum absolute atomic E-state index is 14.0. The second-order valence-electron chi connectivity index (χ2n) is 4.74. The standard InChI is InChI=1S/C16H18F2N2/c1-2-13(11-6-4-3-5-7-11)16(20-19)14-9-8-12(17)10-15(14)18/h3-10,13,16,20H,2,19H2,1H3. The summed E-state index contributed by atoms with van der Waals surface area (Å²) in [4.78, 5) is 0. The summed E-state index contributed by atoms with van der Waals surface area (Å²) in [5, 5.41) is 0. The molecule has 2 nitrogen and oxygen atoms in total. The van der Waals surface area contributed by atoms with Crippen LogP contribution in [0.25, 0.3) is 0 Å². The number of nitrogens with one attached hydrogen (secondary N) is 1. The first-order valence-corrected chi connectivity index (χ1v) is 6.63. The molecule has 2 atom stereocenters. The van der Waals surface area contributed by atoms with Gasteiger partial charge in [-0.2, -0.15) is 0 Å². The van der Waals surface area contributed by atoms with Gasteiger partial charge in [-0.15, -0.1) is 0 Å². The Morgan fingerprint density at radius 3 is 2.35 bits per heavy atom. The molecule has 0 aliphatic carbocycles. The number of hydrogen-bond donors (Lipinski definition) is 2. The molecule has 2 rings (SSSR count). The zero-order chi connectivity index (χ0) is 14.5. The Hall–Kier alpha value is -1.78. The molecule has 3 N–H and O–H groups in total. The Labute approximate surface area is 117 Å². The summed E-state index contributed by atoms with van der Waals surface area (Å²) < 4.78 is 27.0. The van der Waals surface area contributed by atoms with Gasteiger partial charge in [0.15, 0.2) is 0 Å². The smallest absolute Gasteiger partial charge is 0.130 e. The van der Waals surface area contributed by atoms with Gasteiger partial charge in [-0.05, 0) is 18.1 Å². The van der Waals surface area contributed by atoms with Crippen LogP contribution in [0.1, 0.15) is 36.4 Å². The van der Waals surface area contributed by atoms with Crippen molar-refractivity contribution < 1.29 is 8.78 Å². The minimum absolute atomic E-state index is 0.0150. The summed E-state index contributed by atoms with van der Waals surface area (Å²) in [6.07, 6.45) is 0.787. The van der Waals surface area contributed by atoms with Gasteiger partial charge in [0, 0.05) is 17.5 Å². The largest absolute Gasteiger partial charge is 0.271 e. The van der Waals surface area contributed by atoms with E-state index >= 15 is 0 Å². The monoisotopic (exact) mass is 276 g/mol. The second kappa shape index (κ2) is 6.59. The van der Waals surface area contributed by atoms with E-state index in [0.29, 0.717) is 5.56 Å². The molecule has 0 bridgehead atoms. The van der Waals surface area contributed by atoms with Crippen LogP contribution in [0, 0.1) is 11.6 Å². The average Bonchev–Trinajstić information content (AvgIpc) is 2.46. The lowest BCUT2D eigenvalue weighted by Crippen LogP contribution is -2.33. The quantitative estimate of drug-likeness (QED) is 0.646. The van der Waals surface area contributed by atoms with E-state index < -0.39 is 17.7 Å². The molecule has 0 amide bonds. The average molecular weight is 276 g/mol. The van der Waals surface area contributed by atoms with Gasteiger partial charge in [0.25, 0.3) is 0 Å². The van der Waals surface area contributed by atoms with Crippen molar-refractivity contribution in [2.45, 2.75) is 25.3 Å². The van der Waals surface area contributed by atoms with E-state index in [9.17, 15) is 8.78 Å². The van der Waals surface area contributed by atoms with Crippen molar-refractivity contribution >= 4 is 0 Å². The first-order chi connectivity index (χ1) is 9.67. The van der Waals surface area contributed by atoms with E-state index in [4.69, 9.17) is 5.84 Å². The number of hydrazine groups is 1. The normalized spacial score (nSPS) is 14.0. The van der Waals surface area contributed by atoms with Gasteiger partial charge >= 0.3 is 0 Å². The van der Waals surface area contributed by atoms with Gasteiger partial charge in [0.1, 0.15) is 11.6 Å². The summed E-state index contributed by atoms with van der Waals surface area (Å²) in [5.41, 5.74) is 4.12. The van der Waals surface area contributed by atoms with Crippen LogP contribution >= 0.6 is 0 Å².